The van der Waals surface area contributed by atoms with E-state index in [0.717, 1.165) is 12.1 Å². The molecule has 1 atom stereocenters. The molecule has 0 aliphatic heterocycles. The maximum atomic E-state index is 14.9. The summed E-state index contributed by atoms with van der Waals surface area (Å²) in [7, 11) is 0. The van der Waals surface area contributed by atoms with Gasteiger partial charge >= 0.3 is 35.6 Å². The van der Waals surface area contributed by atoms with Crippen molar-refractivity contribution in [3.05, 3.63) is 35.4 Å². The second-order valence-electron chi connectivity index (χ2n) is 7.42. The molecule has 3 nitrogen and oxygen atoms in total. The Morgan fingerprint density at radius 2 is 1.19 bits per heavy atom. The molecule has 0 aromatic heterocycles. The van der Waals surface area contributed by atoms with Gasteiger partial charge in [0.25, 0.3) is 5.67 Å². The van der Waals surface area contributed by atoms with Crippen LogP contribution < -0.4 is 0 Å². The maximum Gasteiger partial charge on any atom is 0.384 e. The van der Waals surface area contributed by atoms with Crippen molar-refractivity contribution in [3.63, 3.8) is 0 Å². The van der Waals surface area contributed by atoms with Crippen LogP contribution in [0.25, 0.3) is 0 Å². The molecule has 0 spiro atoms. The van der Waals surface area contributed by atoms with Crippen LogP contribution in [0.5, 0.6) is 0 Å². The lowest BCUT2D eigenvalue weighted by Crippen LogP contribution is -2.84. The van der Waals surface area contributed by atoms with Gasteiger partial charge in [0, 0.05) is 6.42 Å². The lowest BCUT2D eigenvalue weighted by molar-refractivity contribution is -0.488. The summed E-state index contributed by atoms with van der Waals surface area (Å²) in [6, 6.07) is 3.08. The molecule has 1 saturated carbocycles. The Kier molecular flexibility index (Phi) is 5.87. The summed E-state index contributed by atoms with van der Waals surface area (Å²) in [4.78, 5) is 11.6. The molecule has 2 rings (SSSR count). The number of hydrogen-bond acceptors (Lipinski definition) is 3. The SMILES string of the molecule is CCOC(=O)c1ccc(C(C)(O)CC2(F)C(F)(F)C(F)(F)C(F)(F)C(F)(F)C2(F)F)cc1. The van der Waals surface area contributed by atoms with E-state index >= 15 is 0 Å². The monoisotopic (exact) mass is 488 g/mol. The summed E-state index contributed by atoms with van der Waals surface area (Å²) in [5.41, 5.74) is -10.6. The fourth-order valence-electron chi connectivity index (χ4n) is 3.26. The van der Waals surface area contributed by atoms with Crippen molar-refractivity contribution in [2.45, 2.75) is 61.2 Å². The van der Waals surface area contributed by atoms with Crippen molar-refractivity contribution in [3.8, 4) is 0 Å². The Morgan fingerprint density at radius 1 is 0.812 bits per heavy atom. The van der Waals surface area contributed by atoms with Crippen LogP contribution in [0.3, 0.4) is 0 Å². The lowest BCUT2D eigenvalue weighted by atomic mass is 9.67. The molecule has 1 unspecified atom stereocenters. The molecule has 1 N–H and O–H groups in total. The number of esters is 1. The highest BCUT2D eigenvalue weighted by Gasteiger charge is 3.01. The van der Waals surface area contributed by atoms with Crippen molar-refractivity contribution in [1.29, 1.82) is 0 Å². The van der Waals surface area contributed by atoms with E-state index in [1.165, 1.54) is 6.92 Å². The second kappa shape index (κ2) is 7.19. The number of halogens is 11. The van der Waals surface area contributed by atoms with Crippen LogP contribution in [0.4, 0.5) is 48.3 Å². The summed E-state index contributed by atoms with van der Waals surface area (Å²) in [5, 5.41) is 10.3. The van der Waals surface area contributed by atoms with Gasteiger partial charge in [0.2, 0.25) is 0 Å². The van der Waals surface area contributed by atoms with Gasteiger partial charge in [0.15, 0.2) is 0 Å². The average molecular weight is 488 g/mol. The Hall–Kier alpha value is -2.12. The number of ether oxygens (including phenoxy) is 1. The number of carbonyl (C=O) groups is 1. The second-order valence-corrected chi connectivity index (χ2v) is 7.42. The third-order valence-corrected chi connectivity index (χ3v) is 5.18. The van der Waals surface area contributed by atoms with Gasteiger partial charge in [-0.15, -0.1) is 0 Å². The highest BCUT2D eigenvalue weighted by atomic mass is 19.4. The normalized spacial score (nSPS) is 26.1. The number of alkyl halides is 11. The Balaban J connectivity index is 2.58. The summed E-state index contributed by atoms with van der Waals surface area (Å²) < 4.78 is 157. The molecular weight excluding hydrogens is 473 g/mol. The fraction of sp³-hybridized carbons (Fsp3) is 0.611. The first-order valence-corrected chi connectivity index (χ1v) is 8.73. The molecule has 1 aliphatic rings. The van der Waals surface area contributed by atoms with Gasteiger partial charge in [-0.3, -0.25) is 0 Å². The van der Waals surface area contributed by atoms with E-state index in [-0.39, 0.29) is 12.2 Å². The van der Waals surface area contributed by atoms with Gasteiger partial charge in [0.1, 0.15) is 0 Å². The topological polar surface area (TPSA) is 46.5 Å². The molecule has 0 saturated heterocycles. The van der Waals surface area contributed by atoms with Crippen molar-refractivity contribution in [2.75, 3.05) is 6.61 Å². The third-order valence-electron chi connectivity index (χ3n) is 5.18. The number of benzene rings is 1. The lowest BCUT2D eigenvalue weighted by Gasteiger charge is -2.53. The van der Waals surface area contributed by atoms with Crippen LogP contribution in [0, 0.1) is 0 Å². The van der Waals surface area contributed by atoms with E-state index in [1.54, 1.807) is 0 Å². The first-order valence-electron chi connectivity index (χ1n) is 8.73. The first kappa shape index (κ1) is 26.1. The zero-order valence-corrected chi connectivity index (χ0v) is 16.1. The molecule has 0 heterocycles. The van der Waals surface area contributed by atoms with Gasteiger partial charge in [0.05, 0.1) is 17.8 Å². The molecular formula is C18H15F11O3. The van der Waals surface area contributed by atoms with Crippen LogP contribution in [-0.2, 0) is 10.3 Å². The minimum atomic E-state index is -7.32. The largest absolute Gasteiger partial charge is 0.462 e. The number of rotatable bonds is 5. The predicted molar refractivity (Wildman–Crippen MR) is 85.2 cm³/mol. The number of carbonyl (C=O) groups excluding carboxylic acids is 1. The molecule has 0 radical (unpaired) electrons. The molecule has 1 fully saturated rings. The summed E-state index contributed by atoms with van der Waals surface area (Å²) >= 11 is 0. The van der Waals surface area contributed by atoms with E-state index in [0.29, 0.717) is 19.1 Å². The minimum Gasteiger partial charge on any atom is -0.462 e. The van der Waals surface area contributed by atoms with E-state index in [9.17, 15) is 58.2 Å². The average Bonchev–Trinajstić information content (AvgIpc) is 2.66. The van der Waals surface area contributed by atoms with E-state index < -0.39 is 58.8 Å². The first-order chi connectivity index (χ1) is 14.2. The zero-order valence-electron chi connectivity index (χ0n) is 16.1. The quantitative estimate of drug-likeness (QED) is 0.449. The van der Waals surface area contributed by atoms with Crippen LogP contribution in [0.15, 0.2) is 24.3 Å². The van der Waals surface area contributed by atoms with E-state index in [1.807, 2.05) is 0 Å². The molecule has 1 aromatic carbocycles. The Bertz CT molecular complexity index is 849. The minimum absolute atomic E-state index is 0.0695. The highest BCUT2D eigenvalue weighted by molar-refractivity contribution is 5.89. The van der Waals surface area contributed by atoms with Crippen molar-refractivity contribution < 1.29 is 62.9 Å². The van der Waals surface area contributed by atoms with Crippen molar-refractivity contribution >= 4 is 5.97 Å². The van der Waals surface area contributed by atoms with Gasteiger partial charge in [-0.25, -0.2) is 9.18 Å². The summed E-state index contributed by atoms with van der Waals surface area (Å²) in [6.45, 7) is 1.71. The van der Waals surface area contributed by atoms with Crippen molar-refractivity contribution in [2.24, 2.45) is 0 Å². The van der Waals surface area contributed by atoms with Crippen LogP contribution >= 0.6 is 0 Å². The Morgan fingerprint density at radius 3 is 1.56 bits per heavy atom. The maximum absolute atomic E-state index is 14.9. The number of hydrogen-bond donors (Lipinski definition) is 1. The van der Waals surface area contributed by atoms with Crippen LogP contribution in [0.1, 0.15) is 36.2 Å². The van der Waals surface area contributed by atoms with Gasteiger partial charge in [-0.2, -0.15) is 43.9 Å². The smallest absolute Gasteiger partial charge is 0.384 e. The number of aliphatic hydroxyl groups is 1. The predicted octanol–water partition coefficient (Wildman–Crippen LogP) is 5.36. The van der Waals surface area contributed by atoms with Gasteiger partial charge < -0.3 is 9.84 Å². The summed E-state index contributed by atoms with van der Waals surface area (Å²) in [6.07, 6.45) is -2.83. The molecule has 182 valence electrons. The van der Waals surface area contributed by atoms with Gasteiger partial charge in [-0.05, 0) is 31.5 Å². The molecule has 0 amide bonds. The summed E-state index contributed by atoms with van der Waals surface area (Å²) in [5.74, 6) is -36.8. The standard InChI is InChI=1S/C18H15F11O3/c1-3-32-11(30)9-4-6-10(7-5-9)12(2,31)8-13(19)14(20,21)16(24,25)18(28,29)17(26,27)15(13,22)23/h4-7,31H,3,8H2,1-2H3. The zero-order chi connectivity index (χ0) is 25.2. The van der Waals surface area contributed by atoms with Crippen molar-refractivity contribution in [1.82, 2.24) is 0 Å². The van der Waals surface area contributed by atoms with Crippen LogP contribution in [-0.4, -0.2) is 53.0 Å². The van der Waals surface area contributed by atoms with Crippen LogP contribution in [0.2, 0.25) is 0 Å². The third kappa shape index (κ3) is 3.08. The van der Waals surface area contributed by atoms with Gasteiger partial charge in [-0.1, -0.05) is 12.1 Å². The molecule has 14 heteroatoms. The molecule has 32 heavy (non-hydrogen) atoms. The fourth-order valence-corrected chi connectivity index (χ4v) is 3.26. The molecule has 0 bridgehead atoms. The van der Waals surface area contributed by atoms with E-state index in [4.69, 9.17) is 0 Å². The molecule has 1 aromatic rings. The Labute approximate surface area is 173 Å². The van der Waals surface area contributed by atoms with E-state index in [2.05, 4.69) is 4.74 Å². The highest BCUT2D eigenvalue weighted by Crippen LogP contribution is 2.71. The molecule has 1 aliphatic carbocycles.